The van der Waals surface area contributed by atoms with Gasteiger partial charge in [0.05, 0.1) is 30.5 Å². The van der Waals surface area contributed by atoms with Crippen molar-refractivity contribution >= 4 is 23.1 Å². The second kappa shape index (κ2) is 10.2. The van der Waals surface area contributed by atoms with Crippen LogP contribution in [0, 0.1) is 0 Å². The highest BCUT2D eigenvalue weighted by Gasteiger charge is 2.39. The molecule has 174 valence electrons. The molecule has 2 heterocycles. The van der Waals surface area contributed by atoms with Gasteiger partial charge in [0.15, 0.2) is 0 Å². The molecule has 3 aromatic rings. The van der Waals surface area contributed by atoms with E-state index in [0.29, 0.717) is 34.9 Å². The molecule has 0 saturated heterocycles. The Morgan fingerprint density at radius 1 is 0.912 bits per heavy atom. The Kier molecular flexibility index (Phi) is 6.92. The topological polar surface area (TPSA) is 80.8 Å². The number of rotatable bonds is 9. The van der Waals surface area contributed by atoms with Crippen LogP contribution in [0.15, 0.2) is 78.6 Å². The van der Waals surface area contributed by atoms with Crippen molar-refractivity contribution in [3.63, 3.8) is 0 Å². The van der Waals surface area contributed by atoms with Crippen LogP contribution in [-0.2, 0) is 16.1 Å². The third kappa shape index (κ3) is 5.09. The lowest BCUT2D eigenvalue weighted by atomic mass is 10.0. The van der Waals surface area contributed by atoms with Crippen LogP contribution in [-0.4, -0.2) is 34.4 Å². The first-order chi connectivity index (χ1) is 16.5. The normalized spacial score (nSPS) is 13.6. The number of pyridine rings is 1. The molecule has 1 aliphatic rings. The molecular formula is C27H27N3O4. The third-order valence-corrected chi connectivity index (χ3v) is 5.16. The van der Waals surface area contributed by atoms with E-state index in [1.807, 2.05) is 51.1 Å². The average molecular weight is 458 g/mol. The number of nitrogens with one attached hydrogen (secondary N) is 1. The van der Waals surface area contributed by atoms with Crippen molar-refractivity contribution in [2.45, 2.75) is 33.4 Å². The van der Waals surface area contributed by atoms with E-state index in [4.69, 9.17) is 9.47 Å². The number of carbonyl (C=O) groups is 2. The molecule has 1 aliphatic heterocycles. The van der Waals surface area contributed by atoms with Gasteiger partial charge in [0.25, 0.3) is 11.8 Å². The summed E-state index contributed by atoms with van der Waals surface area (Å²) in [6.45, 7) is 6.45. The SMILES string of the molecule is CCOc1ccc(C2=C(Nc3ccc(OC(C)C)cc3)C(=O)N(Cc3ccccn3)C2=O)cc1. The van der Waals surface area contributed by atoms with Gasteiger partial charge in [-0.2, -0.15) is 0 Å². The maximum Gasteiger partial charge on any atom is 0.278 e. The molecule has 2 amide bonds. The lowest BCUT2D eigenvalue weighted by Gasteiger charge is -2.15. The molecule has 4 rings (SSSR count). The Morgan fingerprint density at radius 2 is 1.62 bits per heavy atom. The van der Waals surface area contributed by atoms with E-state index in [2.05, 4.69) is 10.3 Å². The van der Waals surface area contributed by atoms with E-state index in [9.17, 15) is 9.59 Å². The molecule has 0 fully saturated rings. The van der Waals surface area contributed by atoms with Gasteiger partial charge in [0.2, 0.25) is 0 Å². The smallest absolute Gasteiger partial charge is 0.278 e. The molecule has 0 spiro atoms. The van der Waals surface area contributed by atoms with Crippen LogP contribution >= 0.6 is 0 Å². The van der Waals surface area contributed by atoms with E-state index >= 15 is 0 Å². The number of amides is 2. The lowest BCUT2D eigenvalue weighted by molar-refractivity contribution is -0.137. The predicted octanol–water partition coefficient (Wildman–Crippen LogP) is 4.66. The fourth-order valence-electron chi connectivity index (χ4n) is 3.67. The second-order valence-corrected chi connectivity index (χ2v) is 8.04. The quantitative estimate of drug-likeness (QED) is 0.471. The summed E-state index contributed by atoms with van der Waals surface area (Å²) in [7, 11) is 0. The number of ether oxygens (including phenoxy) is 2. The lowest BCUT2D eigenvalue weighted by Crippen LogP contribution is -2.32. The molecule has 0 atom stereocenters. The van der Waals surface area contributed by atoms with Gasteiger partial charge in [-0.25, -0.2) is 0 Å². The molecule has 0 saturated carbocycles. The van der Waals surface area contributed by atoms with Gasteiger partial charge in [0, 0.05) is 11.9 Å². The van der Waals surface area contributed by atoms with Gasteiger partial charge in [0.1, 0.15) is 17.2 Å². The van der Waals surface area contributed by atoms with Crippen molar-refractivity contribution in [3.05, 3.63) is 89.9 Å². The number of anilines is 1. The van der Waals surface area contributed by atoms with Crippen molar-refractivity contribution < 1.29 is 19.1 Å². The molecule has 34 heavy (non-hydrogen) atoms. The average Bonchev–Trinajstić information content (AvgIpc) is 3.06. The first-order valence-electron chi connectivity index (χ1n) is 11.2. The first kappa shape index (κ1) is 23.0. The fourth-order valence-corrected chi connectivity index (χ4v) is 3.67. The molecule has 0 aliphatic carbocycles. The Hall–Kier alpha value is -4.13. The summed E-state index contributed by atoms with van der Waals surface area (Å²) < 4.78 is 11.2. The monoisotopic (exact) mass is 457 g/mol. The van der Waals surface area contributed by atoms with Crippen molar-refractivity contribution in [2.24, 2.45) is 0 Å². The number of hydrogen-bond donors (Lipinski definition) is 1. The van der Waals surface area contributed by atoms with Gasteiger partial charge in [-0.3, -0.25) is 19.5 Å². The molecule has 2 aromatic carbocycles. The minimum atomic E-state index is -0.401. The number of hydrogen-bond acceptors (Lipinski definition) is 6. The Bertz CT molecular complexity index is 1190. The van der Waals surface area contributed by atoms with Crippen LogP contribution in [0.3, 0.4) is 0 Å². The molecule has 7 heteroatoms. The highest BCUT2D eigenvalue weighted by molar-refractivity contribution is 6.36. The molecule has 0 radical (unpaired) electrons. The summed E-state index contributed by atoms with van der Waals surface area (Å²) in [5.41, 5.74) is 2.48. The molecule has 0 unspecified atom stereocenters. The van der Waals surface area contributed by atoms with Crippen LogP contribution in [0.4, 0.5) is 5.69 Å². The highest BCUT2D eigenvalue weighted by Crippen LogP contribution is 2.32. The molecule has 1 aromatic heterocycles. The number of imide groups is 1. The minimum absolute atomic E-state index is 0.0574. The van der Waals surface area contributed by atoms with Gasteiger partial charge in [-0.15, -0.1) is 0 Å². The van der Waals surface area contributed by atoms with Crippen molar-refractivity contribution in [1.29, 1.82) is 0 Å². The molecule has 0 bridgehead atoms. The van der Waals surface area contributed by atoms with Crippen LogP contribution < -0.4 is 14.8 Å². The van der Waals surface area contributed by atoms with E-state index in [0.717, 1.165) is 5.75 Å². The van der Waals surface area contributed by atoms with Crippen LogP contribution in [0.5, 0.6) is 11.5 Å². The number of carbonyl (C=O) groups excluding carboxylic acids is 2. The van der Waals surface area contributed by atoms with Crippen LogP contribution in [0.25, 0.3) is 5.57 Å². The summed E-state index contributed by atoms with van der Waals surface area (Å²) in [6, 6.07) is 19.9. The van der Waals surface area contributed by atoms with Gasteiger partial charge in [-0.1, -0.05) is 18.2 Å². The highest BCUT2D eigenvalue weighted by atomic mass is 16.5. The Balaban J connectivity index is 1.67. The predicted molar refractivity (Wildman–Crippen MR) is 130 cm³/mol. The first-order valence-corrected chi connectivity index (χ1v) is 11.2. The zero-order valence-corrected chi connectivity index (χ0v) is 19.4. The third-order valence-electron chi connectivity index (χ3n) is 5.16. The fraction of sp³-hybridized carbons (Fsp3) is 0.222. The van der Waals surface area contributed by atoms with Crippen LogP contribution in [0.1, 0.15) is 32.0 Å². The van der Waals surface area contributed by atoms with Gasteiger partial charge >= 0.3 is 0 Å². The maximum atomic E-state index is 13.4. The van der Waals surface area contributed by atoms with Crippen molar-refractivity contribution in [3.8, 4) is 11.5 Å². The Labute approximate surface area is 199 Å². The zero-order chi connectivity index (χ0) is 24.1. The van der Waals surface area contributed by atoms with Crippen molar-refractivity contribution in [1.82, 2.24) is 9.88 Å². The van der Waals surface area contributed by atoms with Crippen LogP contribution in [0.2, 0.25) is 0 Å². The summed E-state index contributed by atoms with van der Waals surface area (Å²) in [6.07, 6.45) is 1.70. The molecular weight excluding hydrogens is 430 g/mol. The Morgan fingerprint density at radius 3 is 2.24 bits per heavy atom. The number of aromatic nitrogens is 1. The largest absolute Gasteiger partial charge is 0.494 e. The molecule has 1 N–H and O–H groups in total. The number of nitrogens with zero attached hydrogens (tertiary/aromatic N) is 2. The second-order valence-electron chi connectivity index (χ2n) is 8.04. The summed E-state index contributed by atoms with van der Waals surface area (Å²) in [4.78, 5) is 32.3. The van der Waals surface area contributed by atoms with Gasteiger partial charge < -0.3 is 14.8 Å². The standard InChI is InChI=1S/C27H27N3O4/c1-4-33-22-12-8-19(9-13-22)24-25(29-20-10-14-23(15-11-20)34-18(2)3)27(32)30(26(24)31)17-21-7-5-6-16-28-21/h5-16,18,29H,4,17H2,1-3H3. The maximum absolute atomic E-state index is 13.4. The van der Waals surface area contributed by atoms with Gasteiger partial charge in [-0.05, 0) is 74.9 Å². The number of benzene rings is 2. The van der Waals surface area contributed by atoms with E-state index < -0.39 is 5.91 Å². The van der Waals surface area contributed by atoms with E-state index in [1.165, 1.54) is 4.90 Å². The molecule has 7 nitrogen and oxygen atoms in total. The zero-order valence-electron chi connectivity index (χ0n) is 19.4. The van der Waals surface area contributed by atoms with E-state index in [1.54, 1.807) is 42.6 Å². The summed E-state index contributed by atoms with van der Waals surface area (Å²) >= 11 is 0. The minimum Gasteiger partial charge on any atom is -0.494 e. The van der Waals surface area contributed by atoms with Crippen molar-refractivity contribution in [2.75, 3.05) is 11.9 Å². The summed E-state index contributed by atoms with van der Waals surface area (Å²) in [5, 5.41) is 3.17. The summed E-state index contributed by atoms with van der Waals surface area (Å²) in [5.74, 6) is 0.653. The van der Waals surface area contributed by atoms with E-state index in [-0.39, 0.29) is 24.3 Å².